The molecule has 1 atom stereocenters. The van der Waals surface area contributed by atoms with Gasteiger partial charge < -0.3 is 9.79 Å². The van der Waals surface area contributed by atoms with Crippen LogP contribution in [0.5, 0.6) is 0 Å². The highest BCUT2D eigenvalue weighted by molar-refractivity contribution is 7.46. The largest absolute Gasteiger partial charge is 0.472 e. The summed E-state index contributed by atoms with van der Waals surface area (Å²) in [5, 5.41) is 0. The van der Waals surface area contributed by atoms with Crippen LogP contribution in [0.4, 0.5) is 13.2 Å². The molecule has 2 N–H and O–H groups in total. The molecular weight excluding hydrogens is 176 g/mol. The molecule has 4 nitrogen and oxygen atoms in total. The Bertz CT molecular complexity index is 143. The fourth-order valence-corrected chi connectivity index (χ4v) is 0.532. The van der Waals surface area contributed by atoms with Crippen LogP contribution in [-0.2, 0) is 9.09 Å². The first-order valence-corrected chi connectivity index (χ1v) is 3.52. The second-order valence-electron chi connectivity index (χ2n) is 1.28. The molecular formula is C2H4F3O4P. The predicted molar refractivity (Wildman–Crippen MR) is 24.0 cm³/mol. The number of halogens is 3. The number of phosphoric acid groups is 1. The van der Waals surface area contributed by atoms with E-state index in [9.17, 15) is 17.7 Å². The molecule has 0 amide bonds. The van der Waals surface area contributed by atoms with Crippen LogP contribution in [0.15, 0.2) is 0 Å². The molecule has 0 rings (SSSR count). The zero-order valence-corrected chi connectivity index (χ0v) is 5.34. The van der Waals surface area contributed by atoms with E-state index in [1.54, 1.807) is 0 Å². The van der Waals surface area contributed by atoms with Gasteiger partial charge in [0.2, 0.25) is 0 Å². The Morgan fingerprint density at radius 2 is 1.70 bits per heavy atom. The molecule has 0 radical (unpaired) electrons. The molecule has 0 bridgehead atoms. The first-order chi connectivity index (χ1) is 4.33. The number of hydrogen-bond acceptors (Lipinski definition) is 2. The van der Waals surface area contributed by atoms with Crippen molar-refractivity contribution in [3.63, 3.8) is 0 Å². The van der Waals surface area contributed by atoms with Crippen molar-refractivity contribution < 1.29 is 32.0 Å². The zero-order chi connectivity index (χ0) is 8.36. The van der Waals surface area contributed by atoms with Crippen molar-refractivity contribution in [3.05, 3.63) is 0 Å². The molecule has 10 heavy (non-hydrogen) atoms. The van der Waals surface area contributed by atoms with E-state index in [2.05, 4.69) is 4.52 Å². The maximum absolute atomic E-state index is 11.6. The highest BCUT2D eigenvalue weighted by atomic mass is 31.2. The third-order valence-electron chi connectivity index (χ3n) is 0.436. The second kappa shape index (κ2) is 3.34. The van der Waals surface area contributed by atoms with E-state index in [-0.39, 0.29) is 0 Å². The highest BCUT2D eigenvalue weighted by Crippen LogP contribution is 2.38. The van der Waals surface area contributed by atoms with Crippen molar-refractivity contribution in [1.29, 1.82) is 0 Å². The maximum Gasteiger partial charge on any atom is 0.472 e. The lowest BCUT2D eigenvalue weighted by molar-refractivity contribution is -0.0792. The average molecular weight is 180 g/mol. The molecule has 0 aliphatic carbocycles. The van der Waals surface area contributed by atoms with Crippen molar-refractivity contribution in [1.82, 2.24) is 0 Å². The van der Waals surface area contributed by atoms with E-state index in [0.29, 0.717) is 0 Å². The monoisotopic (exact) mass is 180 g/mol. The lowest BCUT2D eigenvalue weighted by atomic mass is 10.7. The number of phosphoric ester groups is 1. The molecule has 0 spiro atoms. The van der Waals surface area contributed by atoms with Crippen LogP contribution in [0.1, 0.15) is 0 Å². The van der Waals surface area contributed by atoms with Gasteiger partial charge in [0.15, 0.2) is 0 Å². The summed E-state index contributed by atoms with van der Waals surface area (Å²) in [5.74, 6) is 0. The van der Waals surface area contributed by atoms with E-state index in [1.807, 2.05) is 0 Å². The van der Waals surface area contributed by atoms with Crippen molar-refractivity contribution in [2.24, 2.45) is 0 Å². The van der Waals surface area contributed by atoms with E-state index in [4.69, 9.17) is 9.79 Å². The molecule has 0 aliphatic rings. The molecule has 1 unspecified atom stereocenters. The van der Waals surface area contributed by atoms with Crippen LogP contribution < -0.4 is 0 Å². The van der Waals surface area contributed by atoms with Gasteiger partial charge in [-0.25, -0.2) is 22.3 Å². The van der Waals surface area contributed by atoms with Gasteiger partial charge in [0.05, 0.1) is 0 Å². The Morgan fingerprint density at radius 1 is 1.30 bits per heavy atom. The van der Waals surface area contributed by atoms with E-state index in [1.165, 1.54) is 0 Å². The SMILES string of the molecule is O=P(O)(O)OC(F)C(F)F. The second-order valence-corrected chi connectivity index (χ2v) is 2.47. The molecule has 8 heteroatoms. The topological polar surface area (TPSA) is 66.8 Å². The molecule has 0 aromatic rings. The Balaban J connectivity index is 3.80. The molecule has 0 fully saturated rings. The molecule has 62 valence electrons. The van der Waals surface area contributed by atoms with Crippen LogP contribution in [-0.4, -0.2) is 22.6 Å². The molecule has 0 aromatic heterocycles. The number of rotatable bonds is 3. The van der Waals surface area contributed by atoms with Crippen molar-refractivity contribution >= 4 is 7.82 Å². The minimum atomic E-state index is -5.13. The van der Waals surface area contributed by atoms with E-state index in [0.717, 1.165) is 0 Å². The molecule has 0 aliphatic heterocycles. The van der Waals surface area contributed by atoms with Gasteiger partial charge in [-0.1, -0.05) is 0 Å². The van der Waals surface area contributed by atoms with Crippen LogP contribution in [0.3, 0.4) is 0 Å². The van der Waals surface area contributed by atoms with Crippen molar-refractivity contribution in [2.75, 3.05) is 0 Å². The summed E-state index contributed by atoms with van der Waals surface area (Å²) in [5.41, 5.74) is 0. The lowest BCUT2D eigenvalue weighted by Crippen LogP contribution is -2.14. The molecule has 0 heterocycles. The number of hydrogen-bond donors (Lipinski definition) is 2. The van der Waals surface area contributed by atoms with Gasteiger partial charge in [-0.05, 0) is 0 Å². The summed E-state index contributed by atoms with van der Waals surface area (Å²) < 4.78 is 46.4. The minimum Gasteiger partial charge on any atom is -0.303 e. The summed E-state index contributed by atoms with van der Waals surface area (Å²) in [6.45, 7) is 0. The Morgan fingerprint density at radius 3 is 1.80 bits per heavy atom. The van der Waals surface area contributed by atoms with Gasteiger partial charge in [-0.15, -0.1) is 0 Å². The van der Waals surface area contributed by atoms with Gasteiger partial charge in [0.1, 0.15) is 0 Å². The lowest BCUT2D eigenvalue weighted by Gasteiger charge is -2.07. The fourth-order valence-electron chi connectivity index (χ4n) is 0.177. The highest BCUT2D eigenvalue weighted by Gasteiger charge is 2.28. The van der Waals surface area contributed by atoms with E-state index >= 15 is 0 Å². The Hall–Kier alpha value is -0.100. The van der Waals surface area contributed by atoms with Gasteiger partial charge in [0.25, 0.3) is 12.8 Å². The van der Waals surface area contributed by atoms with Gasteiger partial charge in [-0.3, -0.25) is 0 Å². The Labute approximate surface area is 53.9 Å². The first kappa shape index (κ1) is 9.90. The van der Waals surface area contributed by atoms with Crippen molar-refractivity contribution in [3.8, 4) is 0 Å². The maximum atomic E-state index is 11.6. The summed E-state index contributed by atoms with van der Waals surface area (Å²) >= 11 is 0. The minimum absolute atomic E-state index is 2.95. The van der Waals surface area contributed by atoms with Crippen LogP contribution in [0.25, 0.3) is 0 Å². The summed E-state index contributed by atoms with van der Waals surface area (Å²) in [4.78, 5) is 15.5. The van der Waals surface area contributed by atoms with Crippen molar-refractivity contribution in [2.45, 2.75) is 12.8 Å². The van der Waals surface area contributed by atoms with Crippen LogP contribution in [0.2, 0.25) is 0 Å². The third-order valence-corrected chi connectivity index (χ3v) is 0.912. The van der Waals surface area contributed by atoms with Gasteiger partial charge >= 0.3 is 7.82 Å². The standard InChI is InChI=1S/C2H4F3O4P/c3-1(4)2(5)9-10(6,7)8/h1-2H,(H2,6,7,8). The predicted octanol–water partition coefficient (Wildman–Crippen LogP) is 0.656. The van der Waals surface area contributed by atoms with Crippen LogP contribution >= 0.6 is 7.82 Å². The molecule has 0 saturated heterocycles. The molecule has 0 saturated carbocycles. The molecule has 0 aromatic carbocycles. The van der Waals surface area contributed by atoms with Gasteiger partial charge in [0, 0.05) is 0 Å². The smallest absolute Gasteiger partial charge is 0.303 e. The fraction of sp³-hybridized carbons (Fsp3) is 1.00. The summed E-state index contributed by atoms with van der Waals surface area (Å²) in [7, 11) is -5.13. The van der Waals surface area contributed by atoms with Crippen LogP contribution in [0, 0.1) is 0 Å². The quantitative estimate of drug-likeness (QED) is 0.626. The Kier molecular flexibility index (Phi) is 3.30. The third kappa shape index (κ3) is 4.75. The first-order valence-electron chi connectivity index (χ1n) is 1.99. The van der Waals surface area contributed by atoms with Gasteiger partial charge in [-0.2, -0.15) is 0 Å². The summed E-state index contributed by atoms with van der Waals surface area (Å²) in [6, 6.07) is 0. The average Bonchev–Trinajstić information content (AvgIpc) is 1.60. The normalized spacial score (nSPS) is 15.8. The zero-order valence-electron chi connectivity index (χ0n) is 4.45. The summed E-state index contributed by atoms with van der Waals surface area (Å²) in [6.07, 6.45) is -6.78. The number of alkyl halides is 3. The van der Waals surface area contributed by atoms with E-state index < -0.39 is 20.6 Å².